The summed E-state index contributed by atoms with van der Waals surface area (Å²) in [5.74, 6) is -0.470. The van der Waals surface area contributed by atoms with Crippen LogP contribution >= 0.6 is 0 Å². The molecule has 0 saturated heterocycles. The standard InChI is InChI=1S/C25H25F3N4O3/c1-32(15-16-6-3-2-4-7-16)22-19(31-24(34)20-14-29-10-11-30-20)13-21(23(22)33)35-18-9-5-8-17(12-18)25(26,27)28/h2-12,14,19,21-23,33H,13,15H2,1H3,(H,31,34)/t19-,21-,22+,23+/m1/s1. The lowest BCUT2D eigenvalue weighted by Gasteiger charge is -2.32. The van der Waals surface area contributed by atoms with Crippen molar-refractivity contribution in [2.45, 2.75) is 43.4 Å². The van der Waals surface area contributed by atoms with Crippen molar-refractivity contribution in [2.75, 3.05) is 7.05 Å². The van der Waals surface area contributed by atoms with Crippen LogP contribution < -0.4 is 10.1 Å². The number of alkyl halides is 3. The largest absolute Gasteiger partial charge is 0.488 e. The minimum Gasteiger partial charge on any atom is -0.488 e. The summed E-state index contributed by atoms with van der Waals surface area (Å²) in [6.07, 6.45) is -2.06. The molecular weight excluding hydrogens is 461 g/mol. The van der Waals surface area contributed by atoms with Crippen molar-refractivity contribution in [3.63, 3.8) is 0 Å². The maximum Gasteiger partial charge on any atom is 0.416 e. The summed E-state index contributed by atoms with van der Waals surface area (Å²) >= 11 is 0. The van der Waals surface area contributed by atoms with E-state index in [0.29, 0.717) is 6.54 Å². The Morgan fingerprint density at radius 1 is 1.17 bits per heavy atom. The van der Waals surface area contributed by atoms with E-state index < -0.39 is 41.9 Å². The molecule has 1 amide bonds. The minimum absolute atomic E-state index is 0.00533. The first kappa shape index (κ1) is 24.6. The van der Waals surface area contributed by atoms with Gasteiger partial charge in [0.15, 0.2) is 0 Å². The fraction of sp³-hybridized carbons (Fsp3) is 0.320. The number of aromatic nitrogens is 2. The first-order chi connectivity index (χ1) is 16.7. The minimum atomic E-state index is -4.51. The summed E-state index contributed by atoms with van der Waals surface area (Å²) in [5.41, 5.74) is 0.282. The summed E-state index contributed by atoms with van der Waals surface area (Å²) in [7, 11) is 1.81. The molecule has 2 aromatic carbocycles. The molecule has 4 rings (SSSR count). The second kappa shape index (κ2) is 10.4. The summed E-state index contributed by atoms with van der Waals surface area (Å²) < 4.78 is 45.2. The first-order valence-electron chi connectivity index (χ1n) is 11.1. The Labute approximate surface area is 200 Å². The van der Waals surface area contributed by atoms with E-state index in [9.17, 15) is 23.1 Å². The van der Waals surface area contributed by atoms with Crippen LogP contribution in [0.1, 0.15) is 28.0 Å². The number of carbonyl (C=O) groups excluding carboxylic acids is 1. The molecule has 0 unspecified atom stereocenters. The van der Waals surface area contributed by atoms with Gasteiger partial charge >= 0.3 is 6.18 Å². The molecule has 2 N–H and O–H groups in total. The van der Waals surface area contributed by atoms with Gasteiger partial charge in [0.1, 0.15) is 23.7 Å². The summed E-state index contributed by atoms with van der Waals surface area (Å²) in [6, 6.07) is 13.0. The molecular formula is C25H25F3N4O3. The highest BCUT2D eigenvalue weighted by atomic mass is 19.4. The quantitative estimate of drug-likeness (QED) is 0.533. The number of rotatable bonds is 7. The number of nitrogens with zero attached hydrogens (tertiary/aromatic N) is 3. The second-order valence-corrected chi connectivity index (χ2v) is 8.47. The topological polar surface area (TPSA) is 87.6 Å². The average Bonchev–Trinajstić information content (AvgIpc) is 3.14. The van der Waals surface area contributed by atoms with Crippen LogP contribution in [-0.4, -0.2) is 57.2 Å². The molecule has 4 atom stereocenters. The van der Waals surface area contributed by atoms with Gasteiger partial charge in [0, 0.05) is 25.4 Å². The van der Waals surface area contributed by atoms with Gasteiger partial charge in [-0.1, -0.05) is 36.4 Å². The van der Waals surface area contributed by atoms with Crippen LogP contribution in [0.5, 0.6) is 5.75 Å². The van der Waals surface area contributed by atoms with Gasteiger partial charge in [-0.3, -0.25) is 14.7 Å². The van der Waals surface area contributed by atoms with Crippen molar-refractivity contribution in [3.05, 3.63) is 90.0 Å². The number of carbonyl (C=O) groups is 1. The van der Waals surface area contributed by atoms with Crippen LogP contribution in [0.15, 0.2) is 73.2 Å². The van der Waals surface area contributed by atoms with Crippen molar-refractivity contribution < 1.29 is 27.8 Å². The number of amides is 1. The molecule has 35 heavy (non-hydrogen) atoms. The zero-order valence-corrected chi connectivity index (χ0v) is 18.9. The highest BCUT2D eigenvalue weighted by molar-refractivity contribution is 5.92. The molecule has 7 nitrogen and oxygen atoms in total. The predicted molar refractivity (Wildman–Crippen MR) is 121 cm³/mol. The van der Waals surface area contributed by atoms with E-state index >= 15 is 0 Å². The van der Waals surface area contributed by atoms with E-state index in [1.807, 2.05) is 42.3 Å². The number of halogens is 3. The lowest BCUT2D eigenvalue weighted by Crippen LogP contribution is -2.52. The van der Waals surface area contributed by atoms with Crippen molar-refractivity contribution in [2.24, 2.45) is 0 Å². The number of benzene rings is 2. The molecule has 0 aliphatic heterocycles. The predicted octanol–water partition coefficient (Wildman–Crippen LogP) is 3.31. The van der Waals surface area contributed by atoms with Gasteiger partial charge in [0.05, 0.1) is 23.8 Å². The third-order valence-corrected chi connectivity index (χ3v) is 5.97. The van der Waals surface area contributed by atoms with Crippen molar-refractivity contribution in [1.29, 1.82) is 0 Å². The molecule has 0 spiro atoms. The number of hydrogen-bond donors (Lipinski definition) is 2. The molecule has 1 aliphatic rings. The molecule has 1 heterocycles. The third-order valence-electron chi connectivity index (χ3n) is 5.97. The molecule has 1 saturated carbocycles. The highest BCUT2D eigenvalue weighted by Crippen LogP contribution is 2.34. The Hall–Kier alpha value is -3.50. The van der Waals surface area contributed by atoms with E-state index in [2.05, 4.69) is 15.3 Å². The van der Waals surface area contributed by atoms with Gasteiger partial charge in [-0.15, -0.1) is 0 Å². The van der Waals surface area contributed by atoms with E-state index in [0.717, 1.165) is 17.7 Å². The Kier molecular flexibility index (Phi) is 7.32. The fourth-order valence-corrected chi connectivity index (χ4v) is 4.37. The molecule has 0 bridgehead atoms. The van der Waals surface area contributed by atoms with Gasteiger partial charge < -0.3 is 15.2 Å². The molecule has 1 aliphatic carbocycles. The Morgan fingerprint density at radius 2 is 1.94 bits per heavy atom. The molecule has 1 fully saturated rings. The summed E-state index contributed by atoms with van der Waals surface area (Å²) in [4.78, 5) is 22.6. The number of ether oxygens (including phenoxy) is 1. The lowest BCUT2D eigenvalue weighted by molar-refractivity contribution is -0.137. The Balaban J connectivity index is 1.55. The van der Waals surface area contributed by atoms with Gasteiger partial charge in [-0.05, 0) is 30.8 Å². The zero-order chi connectivity index (χ0) is 25.0. The van der Waals surface area contributed by atoms with Crippen LogP contribution in [0.3, 0.4) is 0 Å². The SMILES string of the molecule is CN(Cc1ccccc1)[C@@H]1[C@@H](O)[C@H](Oc2cccc(C(F)(F)F)c2)C[C@H]1NC(=O)c1cnccn1. The van der Waals surface area contributed by atoms with E-state index in [4.69, 9.17) is 4.74 Å². The van der Waals surface area contributed by atoms with Crippen LogP contribution in [0.2, 0.25) is 0 Å². The number of likely N-dealkylation sites (N-methyl/N-ethyl adjacent to an activating group) is 1. The molecule has 10 heteroatoms. The molecule has 1 aromatic heterocycles. The smallest absolute Gasteiger partial charge is 0.416 e. The normalized spacial score (nSPS) is 22.2. The Bertz CT molecular complexity index is 1130. The maximum absolute atomic E-state index is 13.1. The number of hydrogen-bond acceptors (Lipinski definition) is 6. The number of aliphatic hydroxyl groups is 1. The monoisotopic (exact) mass is 486 g/mol. The number of nitrogens with one attached hydrogen (secondary N) is 1. The maximum atomic E-state index is 13.1. The lowest BCUT2D eigenvalue weighted by atomic mass is 10.1. The van der Waals surface area contributed by atoms with Crippen LogP contribution in [0.4, 0.5) is 13.2 Å². The zero-order valence-electron chi connectivity index (χ0n) is 18.9. The van der Waals surface area contributed by atoms with Gasteiger partial charge in [0.2, 0.25) is 0 Å². The van der Waals surface area contributed by atoms with Gasteiger partial charge in [-0.2, -0.15) is 13.2 Å². The Morgan fingerprint density at radius 3 is 2.63 bits per heavy atom. The van der Waals surface area contributed by atoms with Crippen LogP contribution in [-0.2, 0) is 12.7 Å². The van der Waals surface area contributed by atoms with Crippen LogP contribution in [0, 0.1) is 0 Å². The van der Waals surface area contributed by atoms with Gasteiger partial charge in [0.25, 0.3) is 5.91 Å². The average molecular weight is 486 g/mol. The molecule has 3 aromatic rings. The second-order valence-electron chi connectivity index (χ2n) is 8.47. The molecule has 184 valence electrons. The van der Waals surface area contributed by atoms with Crippen molar-refractivity contribution >= 4 is 5.91 Å². The summed E-state index contributed by atoms with van der Waals surface area (Å²) in [6.45, 7) is 0.482. The highest BCUT2D eigenvalue weighted by Gasteiger charge is 2.47. The van der Waals surface area contributed by atoms with Crippen molar-refractivity contribution in [1.82, 2.24) is 20.2 Å². The number of aliphatic hydroxyl groups excluding tert-OH is 1. The first-order valence-corrected chi connectivity index (χ1v) is 11.1. The third kappa shape index (κ3) is 5.95. The van der Waals surface area contributed by atoms with E-state index in [1.54, 1.807) is 0 Å². The van der Waals surface area contributed by atoms with Crippen molar-refractivity contribution in [3.8, 4) is 5.75 Å². The van der Waals surface area contributed by atoms with Crippen LogP contribution in [0.25, 0.3) is 0 Å². The fourth-order valence-electron chi connectivity index (χ4n) is 4.37. The van der Waals surface area contributed by atoms with E-state index in [-0.39, 0.29) is 17.9 Å². The van der Waals surface area contributed by atoms with E-state index in [1.165, 1.54) is 30.7 Å². The summed E-state index contributed by atoms with van der Waals surface area (Å²) in [5, 5.41) is 14.1. The van der Waals surface area contributed by atoms with Gasteiger partial charge in [-0.25, -0.2) is 4.98 Å². The molecule has 0 radical (unpaired) electrons.